The molecule has 0 bridgehead atoms. The van der Waals surface area contributed by atoms with E-state index in [-0.39, 0.29) is 12.1 Å². The van der Waals surface area contributed by atoms with Crippen LogP contribution in [0.1, 0.15) is 32.0 Å². The number of aliphatic hydroxyl groups is 1. The zero-order chi connectivity index (χ0) is 12.1. The molecular formula is C12H21N3O. The van der Waals surface area contributed by atoms with Gasteiger partial charge in [0.2, 0.25) is 0 Å². The highest BCUT2D eigenvalue weighted by molar-refractivity contribution is 5.43. The van der Waals surface area contributed by atoms with Gasteiger partial charge in [-0.25, -0.2) is 0 Å². The first-order chi connectivity index (χ1) is 7.50. The van der Waals surface area contributed by atoms with Crippen molar-refractivity contribution in [3.8, 4) is 0 Å². The predicted molar refractivity (Wildman–Crippen MR) is 66.4 cm³/mol. The van der Waals surface area contributed by atoms with Crippen LogP contribution in [0.15, 0.2) is 18.3 Å². The number of anilines is 1. The Morgan fingerprint density at radius 3 is 2.56 bits per heavy atom. The van der Waals surface area contributed by atoms with Crippen molar-refractivity contribution in [2.45, 2.75) is 32.4 Å². The topological polar surface area (TPSA) is 62.4 Å². The molecule has 0 fully saturated rings. The number of nitrogens with two attached hydrogens (primary N) is 1. The molecular weight excluding hydrogens is 202 g/mol. The van der Waals surface area contributed by atoms with E-state index in [4.69, 9.17) is 5.73 Å². The highest BCUT2D eigenvalue weighted by atomic mass is 16.3. The number of hydrogen-bond donors (Lipinski definition) is 2. The lowest BCUT2D eigenvalue weighted by Crippen LogP contribution is -2.22. The number of aliphatic hydroxyl groups excluding tert-OH is 1. The lowest BCUT2D eigenvalue weighted by atomic mass is 10.2. The van der Waals surface area contributed by atoms with Gasteiger partial charge < -0.3 is 15.7 Å². The molecule has 1 unspecified atom stereocenters. The van der Waals surface area contributed by atoms with Crippen LogP contribution in [0, 0.1) is 0 Å². The van der Waals surface area contributed by atoms with Crippen molar-refractivity contribution in [3.63, 3.8) is 0 Å². The Morgan fingerprint density at radius 1 is 1.44 bits per heavy atom. The van der Waals surface area contributed by atoms with Gasteiger partial charge in [0.25, 0.3) is 0 Å². The van der Waals surface area contributed by atoms with Crippen LogP contribution in [0.25, 0.3) is 0 Å². The van der Waals surface area contributed by atoms with Gasteiger partial charge in [-0.3, -0.25) is 4.98 Å². The molecule has 3 N–H and O–H groups in total. The monoisotopic (exact) mass is 223 g/mol. The number of rotatable bonds is 5. The number of aromatic nitrogens is 1. The summed E-state index contributed by atoms with van der Waals surface area (Å²) in [4.78, 5) is 6.37. The standard InChI is InChI=1S/C12H21N3O/c1-9(16)6-7-15(3)11-4-5-12(10(2)13)14-8-11/h4-5,8-10,16H,6-7,13H2,1-3H3/t9?,10-/m0/s1. The van der Waals surface area contributed by atoms with Crippen molar-refractivity contribution < 1.29 is 5.11 Å². The largest absolute Gasteiger partial charge is 0.393 e. The molecule has 2 atom stereocenters. The van der Waals surface area contributed by atoms with Crippen molar-refractivity contribution in [3.05, 3.63) is 24.0 Å². The molecule has 0 radical (unpaired) electrons. The Labute approximate surface area is 97.1 Å². The predicted octanol–water partition coefficient (Wildman–Crippen LogP) is 1.31. The quantitative estimate of drug-likeness (QED) is 0.790. The van der Waals surface area contributed by atoms with Crippen LogP contribution in [0.3, 0.4) is 0 Å². The number of pyridine rings is 1. The van der Waals surface area contributed by atoms with Crippen LogP contribution >= 0.6 is 0 Å². The van der Waals surface area contributed by atoms with Gasteiger partial charge >= 0.3 is 0 Å². The van der Waals surface area contributed by atoms with E-state index in [1.54, 1.807) is 6.92 Å². The third kappa shape index (κ3) is 3.79. The van der Waals surface area contributed by atoms with Gasteiger partial charge in [0.05, 0.1) is 23.7 Å². The first-order valence-electron chi connectivity index (χ1n) is 5.61. The summed E-state index contributed by atoms with van der Waals surface area (Å²) in [5.41, 5.74) is 7.67. The highest BCUT2D eigenvalue weighted by Crippen LogP contribution is 2.14. The molecule has 1 heterocycles. The molecule has 0 spiro atoms. The van der Waals surface area contributed by atoms with E-state index in [2.05, 4.69) is 9.88 Å². The zero-order valence-corrected chi connectivity index (χ0v) is 10.2. The molecule has 0 amide bonds. The second-order valence-electron chi connectivity index (χ2n) is 4.29. The number of nitrogens with zero attached hydrogens (tertiary/aromatic N) is 2. The third-order valence-corrected chi connectivity index (χ3v) is 2.56. The summed E-state index contributed by atoms with van der Waals surface area (Å²) < 4.78 is 0. The molecule has 90 valence electrons. The average molecular weight is 223 g/mol. The molecule has 0 aliphatic carbocycles. The molecule has 4 nitrogen and oxygen atoms in total. The van der Waals surface area contributed by atoms with E-state index in [0.29, 0.717) is 0 Å². The second-order valence-corrected chi connectivity index (χ2v) is 4.29. The van der Waals surface area contributed by atoms with Crippen molar-refractivity contribution in [1.29, 1.82) is 0 Å². The van der Waals surface area contributed by atoms with Crippen LogP contribution in [-0.2, 0) is 0 Å². The second kappa shape index (κ2) is 5.82. The highest BCUT2D eigenvalue weighted by Gasteiger charge is 2.05. The lowest BCUT2D eigenvalue weighted by Gasteiger charge is -2.20. The lowest BCUT2D eigenvalue weighted by molar-refractivity contribution is 0.187. The van der Waals surface area contributed by atoms with Gasteiger partial charge in [-0.1, -0.05) is 0 Å². The summed E-state index contributed by atoms with van der Waals surface area (Å²) in [6.45, 7) is 4.53. The Morgan fingerprint density at radius 2 is 2.12 bits per heavy atom. The Hall–Kier alpha value is -1.13. The van der Waals surface area contributed by atoms with Gasteiger partial charge in [-0.05, 0) is 32.4 Å². The SMILES string of the molecule is CC(O)CCN(C)c1ccc([C@H](C)N)nc1. The summed E-state index contributed by atoms with van der Waals surface area (Å²) in [7, 11) is 1.99. The zero-order valence-electron chi connectivity index (χ0n) is 10.2. The van der Waals surface area contributed by atoms with Gasteiger partial charge in [0.15, 0.2) is 0 Å². The molecule has 1 rings (SSSR count). The minimum Gasteiger partial charge on any atom is -0.393 e. The van der Waals surface area contributed by atoms with E-state index in [1.807, 2.05) is 32.3 Å². The summed E-state index contributed by atoms with van der Waals surface area (Å²) in [5, 5.41) is 9.21. The molecule has 1 aromatic heterocycles. The summed E-state index contributed by atoms with van der Waals surface area (Å²) in [6.07, 6.45) is 2.31. The summed E-state index contributed by atoms with van der Waals surface area (Å²) >= 11 is 0. The minimum atomic E-state index is -0.265. The normalized spacial score (nSPS) is 14.6. The van der Waals surface area contributed by atoms with E-state index < -0.39 is 0 Å². The maximum Gasteiger partial charge on any atom is 0.0569 e. The van der Waals surface area contributed by atoms with E-state index in [1.165, 1.54) is 0 Å². The smallest absolute Gasteiger partial charge is 0.0569 e. The fraction of sp³-hybridized carbons (Fsp3) is 0.583. The maximum absolute atomic E-state index is 9.21. The summed E-state index contributed by atoms with van der Waals surface area (Å²) in [5.74, 6) is 0. The Kier molecular flexibility index (Phi) is 4.71. The van der Waals surface area contributed by atoms with Crippen molar-refractivity contribution >= 4 is 5.69 Å². The van der Waals surface area contributed by atoms with Crippen molar-refractivity contribution in [1.82, 2.24) is 4.98 Å². The van der Waals surface area contributed by atoms with E-state index in [0.717, 1.165) is 24.3 Å². The van der Waals surface area contributed by atoms with Crippen molar-refractivity contribution in [2.75, 3.05) is 18.5 Å². The molecule has 16 heavy (non-hydrogen) atoms. The van der Waals surface area contributed by atoms with Gasteiger partial charge in [0, 0.05) is 19.6 Å². The van der Waals surface area contributed by atoms with Crippen LogP contribution in [0.2, 0.25) is 0 Å². The first kappa shape index (κ1) is 12.9. The Bertz CT molecular complexity index is 309. The number of hydrogen-bond acceptors (Lipinski definition) is 4. The van der Waals surface area contributed by atoms with E-state index in [9.17, 15) is 5.11 Å². The van der Waals surface area contributed by atoms with Crippen LogP contribution < -0.4 is 10.6 Å². The van der Waals surface area contributed by atoms with Gasteiger partial charge in [0.1, 0.15) is 0 Å². The minimum absolute atomic E-state index is 0.0307. The molecule has 4 heteroatoms. The average Bonchev–Trinajstić information content (AvgIpc) is 2.26. The van der Waals surface area contributed by atoms with Crippen molar-refractivity contribution in [2.24, 2.45) is 5.73 Å². The van der Waals surface area contributed by atoms with Crippen LogP contribution in [-0.4, -0.2) is 29.8 Å². The maximum atomic E-state index is 9.21. The summed E-state index contributed by atoms with van der Waals surface area (Å²) in [6, 6.07) is 3.92. The first-order valence-corrected chi connectivity index (χ1v) is 5.61. The van der Waals surface area contributed by atoms with E-state index >= 15 is 0 Å². The fourth-order valence-corrected chi connectivity index (χ4v) is 1.40. The molecule has 0 aliphatic rings. The molecule has 0 saturated heterocycles. The molecule has 0 saturated carbocycles. The van der Waals surface area contributed by atoms with Crippen LogP contribution in [0.5, 0.6) is 0 Å². The molecule has 0 aromatic carbocycles. The van der Waals surface area contributed by atoms with Gasteiger partial charge in [-0.2, -0.15) is 0 Å². The molecule has 1 aromatic rings. The van der Waals surface area contributed by atoms with Gasteiger partial charge in [-0.15, -0.1) is 0 Å². The van der Waals surface area contributed by atoms with Crippen LogP contribution in [0.4, 0.5) is 5.69 Å². The molecule has 0 aliphatic heterocycles. The Balaban J connectivity index is 2.59. The fourth-order valence-electron chi connectivity index (χ4n) is 1.40. The third-order valence-electron chi connectivity index (χ3n) is 2.56.